The summed E-state index contributed by atoms with van der Waals surface area (Å²) >= 11 is 0. The lowest BCUT2D eigenvalue weighted by atomic mass is 9.98. The highest BCUT2D eigenvalue weighted by molar-refractivity contribution is 5.73. The maximum absolute atomic E-state index is 11.0. The lowest BCUT2D eigenvalue weighted by Crippen LogP contribution is -2.60. The summed E-state index contributed by atoms with van der Waals surface area (Å²) in [6.45, 7) is 0.786. The lowest BCUT2D eigenvalue weighted by Gasteiger charge is -2.41. The molecule has 1 aliphatic rings. The maximum atomic E-state index is 11.0. The van der Waals surface area contributed by atoms with Gasteiger partial charge in [-0.3, -0.25) is 10.4 Å². The molecule has 25 heavy (non-hydrogen) atoms. The molecule has 0 aliphatic carbocycles. The minimum Gasteiger partial charge on any atom is -0.769 e. The monoisotopic (exact) mass is 361 g/mol. The van der Waals surface area contributed by atoms with Crippen LogP contribution in [0.1, 0.15) is 5.56 Å². The lowest BCUT2D eigenvalue weighted by molar-refractivity contribution is -0.221. The van der Waals surface area contributed by atoms with E-state index in [1.54, 1.807) is 0 Å². The number of rotatable bonds is 5. The first-order valence-corrected chi connectivity index (χ1v) is 7.21. The minimum atomic E-state index is -1.63. The Morgan fingerprint density at radius 1 is 1.12 bits per heavy atom. The summed E-state index contributed by atoms with van der Waals surface area (Å²) < 4.78 is 5.26. The van der Waals surface area contributed by atoms with E-state index < -0.39 is 48.2 Å². The molecule has 0 bridgehead atoms. The molecule has 0 aromatic heterocycles. The van der Waals surface area contributed by atoms with Gasteiger partial charge in [0.15, 0.2) is 6.23 Å². The van der Waals surface area contributed by atoms with Crippen molar-refractivity contribution in [3.63, 3.8) is 0 Å². The van der Waals surface area contributed by atoms with Crippen molar-refractivity contribution < 1.29 is 35.6 Å². The van der Waals surface area contributed by atoms with E-state index in [0.29, 0.717) is 0 Å². The summed E-state index contributed by atoms with van der Waals surface area (Å²) in [6.07, 6.45) is -7.28. The van der Waals surface area contributed by atoms with Crippen molar-refractivity contribution in [1.29, 1.82) is 0 Å². The molecule has 1 heterocycles. The molecule has 1 aromatic rings. The van der Waals surface area contributed by atoms with Crippen LogP contribution in [-0.2, 0) is 4.74 Å². The van der Waals surface area contributed by atoms with Gasteiger partial charge in [-0.1, -0.05) is 0 Å². The van der Waals surface area contributed by atoms with Gasteiger partial charge in [0.25, 0.3) is 0 Å². The number of nitrogens with one attached hydrogen (secondary N) is 1. The van der Waals surface area contributed by atoms with Crippen LogP contribution in [0.3, 0.4) is 0 Å². The molecule has 0 spiro atoms. The molecule has 142 valence electrons. The van der Waals surface area contributed by atoms with E-state index in [2.05, 4.69) is 5.32 Å². The Balaban J connectivity index is 2.35. The van der Waals surface area contributed by atoms with Crippen LogP contribution < -0.4 is 15.8 Å². The second-order valence-corrected chi connectivity index (χ2v) is 5.58. The van der Waals surface area contributed by atoms with Crippen molar-refractivity contribution in [2.24, 2.45) is 0 Å². The van der Waals surface area contributed by atoms with Crippen LogP contribution in [-0.4, -0.2) is 68.1 Å². The van der Waals surface area contributed by atoms with E-state index in [0.717, 1.165) is 12.1 Å². The molecule has 7 N–H and O–H groups in total. The van der Waals surface area contributed by atoms with Crippen molar-refractivity contribution in [1.82, 2.24) is 0 Å². The average Bonchev–Trinajstić information content (AvgIpc) is 2.56. The highest BCUT2D eigenvalue weighted by atomic mass is 16.8. The first kappa shape index (κ1) is 19.6. The molecule has 5 unspecified atom stereocenters. The molecule has 1 saturated heterocycles. The van der Waals surface area contributed by atoms with Crippen molar-refractivity contribution in [3.8, 4) is 0 Å². The van der Waals surface area contributed by atoms with E-state index >= 15 is 0 Å². The van der Waals surface area contributed by atoms with Gasteiger partial charge >= 0.3 is 0 Å². The van der Waals surface area contributed by atoms with E-state index in [1.165, 1.54) is 6.92 Å². The molecule has 2 rings (SSSR count). The Hall–Kier alpha value is -1.74. The van der Waals surface area contributed by atoms with Crippen LogP contribution in [0, 0.1) is 17.3 Å². The van der Waals surface area contributed by atoms with Crippen LogP contribution in [0.4, 0.5) is 17.1 Å². The molecular formula is C13H19N3O9-2. The topological polar surface area (TPSA) is 195 Å². The van der Waals surface area contributed by atoms with Gasteiger partial charge < -0.3 is 46.1 Å². The maximum Gasteiger partial charge on any atom is 0.157 e. The Labute approximate surface area is 141 Å². The third-order valence-electron chi connectivity index (χ3n) is 3.98. The van der Waals surface area contributed by atoms with Crippen molar-refractivity contribution >= 4 is 17.1 Å². The summed E-state index contributed by atoms with van der Waals surface area (Å²) in [5.41, 5.74) is -0.573. The van der Waals surface area contributed by atoms with Gasteiger partial charge in [-0.2, -0.15) is 0 Å². The second-order valence-electron chi connectivity index (χ2n) is 5.58. The second kappa shape index (κ2) is 7.65. The first-order valence-electron chi connectivity index (χ1n) is 7.21. The molecule has 0 amide bonds. The highest BCUT2D eigenvalue weighted by Crippen LogP contribution is 2.33. The standard InChI is InChI=1S/C13H19N3O9/c1-5-7(2-6(15(21)22)3-8(5)16(23)24)14-13-12(20)11(19)10(18)9(4-17)25-13/h2-3,9-14,17-20,23-24H,4H2,1H3/q-2. The van der Waals surface area contributed by atoms with E-state index in [-0.39, 0.29) is 22.2 Å². The molecule has 5 atom stereocenters. The predicted molar refractivity (Wildman–Crippen MR) is 83.8 cm³/mol. The fourth-order valence-electron chi connectivity index (χ4n) is 2.52. The molecule has 1 aliphatic heterocycles. The number of aliphatic hydroxyl groups excluding tert-OH is 4. The first-order chi connectivity index (χ1) is 11.7. The number of hydrogen-bond donors (Lipinski definition) is 7. The van der Waals surface area contributed by atoms with E-state index in [1.807, 2.05) is 0 Å². The number of anilines is 3. The van der Waals surface area contributed by atoms with Gasteiger partial charge in [0, 0.05) is 16.9 Å². The van der Waals surface area contributed by atoms with Crippen LogP contribution in [0.15, 0.2) is 12.1 Å². The predicted octanol–water partition coefficient (Wildman–Crippen LogP) is -1.41. The van der Waals surface area contributed by atoms with Gasteiger partial charge in [0.05, 0.1) is 6.61 Å². The van der Waals surface area contributed by atoms with Crippen molar-refractivity contribution in [2.45, 2.75) is 37.6 Å². The summed E-state index contributed by atoms with van der Waals surface area (Å²) in [7, 11) is 0. The minimum absolute atomic E-state index is 0.0154. The van der Waals surface area contributed by atoms with Crippen LogP contribution >= 0.6 is 0 Å². The Bertz CT molecular complexity index is 598. The third-order valence-corrected chi connectivity index (χ3v) is 3.98. The molecule has 12 nitrogen and oxygen atoms in total. The van der Waals surface area contributed by atoms with E-state index in [9.17, 15) is 41.3 Å². The normalized spacial score (nSPS) is 29.4. The molecule has 1 fully saturated rings. The van der Waals surface area contributed by atoms with Gasteiger partial charge in [0.1, 0.15) is 30.1 Å². The summed E-state index contributed by atoms with van der Waals surface area (Å²) in [5, 5.41) is 80.6. The summed E-state index contributed by atoms with van der Waals surface area (Å²) in [4.78, 5) is 0. The molecule has 0 radical (unpaired) electrons. The Morgan fingerprint density at radius 3 is 2.28 bits per heavy atom. The highest BCUT2D eigenvalue weighted by Gasteiger charge is 2.43. The van der Waals surface area contributed by atoms with Gasteiger partial charge in [-0.05, 0) is 19.1 Å². The van der Waals surface area contributed by atoms with E-state index in [4.69, 9.17) is 4.74 Å². The molecule has 1 aromatic carbocycles. The number of benzene rings is 1. The summed E-state index contributed by atoms with van der Waals surface area (Å²) in [5.74, 6) is 0. The van der Waals surface area contributed by atoms with Crippen LogP contribution in [0.2, 0.25) is 0 Å². The Kier molecular flexibility index (Phi) is 5.99. The average molecular weight is 361 g/mol. The fourth-order valence-corrected chi connectivity index (χ4v) is 2.52. The fraction of sp³-hybridized carbons (Fsp3) is 0.538. The van der Waals surface area contributed by atoms with Crippen LogP contribution in [0.5, 0.6) is 0 Å². The molecule has 12 heteroatoms. The zero-order valence-electron chi connectivity index (χ0n) is 13.1. The van der Waals surface area contributed by atoms with Gasteiger partial charge in [-0.15, -0.1) is 5.23 Å². The quantitative estimate of drug-likeness (QED) is 0.303. The molecule has 0 saturated carbocycles. The zero-order chi connectivity index (χ0) is 18.9. The van der Waals surface area contributed by atoms with Crippen LogP contribution in [0.25, 0.3) is 0 Å². The summed E-state index contributed by atoms with van der Waals surface area (Å²) in [6, 6.07) is 2.00. The number of nitrogens with zero attached hydrogens (tertiary/aromatic N) is 2. The number of ether oxygens (including phenoxy) is 1. The van der Waals surface area contributed by atoms with Gasteiger partial charge in [-0.25, -0.2) is 0 Å². The Morgan fingerprint density at radius 2 is 1.76 bits per heavy atom. The smallest absolute Gasteiger partial charge is 0.157 e. The number of hydrogen-bond acceptors (Lipinski definition) is 12. The third kappa shape index (κ3) is 3.92. The largest absolute Gasteiger partial charge is 0.769 e. The van der Waals surface area contributed by atoms with Crippen molar-refractivity contribution in [3.05, 3.63) is 28.1 Å². The zero-order valence-corrected chi connectivity index (χ0v) is 13.1. The SMILES string of the molecule is Cc1c(NC2OC(CO)C(O)C(O)C2O)cc(N([O-])[O-])cc1N(O)O. The molecular weight excluding hydrogens is 342 g/mol. The van der Waals surface area contributed by atoms with Crippen molar-refractivity contribution in [2.75, 3.05) is 22.4 Å². The van der Waals surface area contributed by atoms with Gasteiger partial charge in [0.2, 0.25) is 0 Å². The number of aliphatic hydroxyl groups is 4.